The summed E-state index contributed by atoms with van der Waals surface area (Å²) in [6.45, 7) is 9.99. The van der Waals surface area contributed by atoms with Gasteiger partial charge in [0.1, 0.15) is 5.75 Å². The molecule has 0 saturated carbocycles. The Kier molecular flexibility index (Phi) is 9.15. The van der Waals surface area contributed by atoms with Crippen molar-refractivity contribution in [3.05, 3.63) is 48.2 Å². The molecule has 0 aliphatic carbocycles. The summed E-state index contributed by atoms with van der Waals surface area (Å²) in [6.07, 6.45) is 0. The van der Waals surface area contributed by atoms with Gasteiger partial charge in [-0.05, 0) is 43.3 Å². The molecule has 0 aliphatic heterocycles. The third-order valence-corrected chi connectivity index (χ3v) is 2.27. The topological polar surface area (TPSA) is 22.1 Å². The fraction of sp³-hybridized carbons (Fsp3) is 0.353. The molecule has 1 aromatic carbocycles. The molecule has 0 unspecified atom stereocenters. The van der Waals surface area contributed by atoms with Gasteiger partial charge in [0.25, 0.3) is 0 Å². The smallest absolute Gasteiger partial charge is 0.118 e. The summed E-state index contributed by atoms with van der Waals surface area (Å²) >= 11 is 0. The van der Waals surface area contributed by atoms with Gasteiger partial charge in [0.2, 0.25) is 0 Å². The van der Waals surface area contributed by atoms with E-state index in [4.69, 9.17) is 4.74 Å². The van der Waals surface area contributed by atoms with Crippen LogP contribution in [0.2, 0.25) is 0 Å². The zero-order valence-electron chi connectivity index (χ0n) is 12.9. The Labute approximate surface area is 117 Å². The predicted octanol–water partition coefficient (Wildman–Crippen LogP) is 5.12. The number of rotatable bonds is 2. The number of aryl methyl sites for hydroxylation is 1. The zero-order valence-corrected chi connectivity index (χ0v) is 12.9. The van der Waals surface area contributed by atoms with Crippen LogP contribution in [0.15, 0.2) is 42.5 Å². The first-order valence-electron chi connectivity index (χ1n) is 6.87. The van der Waals surface area contributed by atoms with Crippen molar-refractivity contribution in [2.45, 2.75) is 34.6 Å². The first-order valence-corrected chi connectivity index (χ1v) is 6.87. The van der Waals surface area contributed by atoms with Crippen molar-refractivity contribution in [2.75, 3.05) is 7.11 Å². The molecule has 2 rings (SSSR count). The molecule has 2 aromatic rings. The van der Waals surface area contributed by atoms with Crippen LogP contribution in [0, 0.1) is 6.92 Å². The molecule has 0 radical (unpaired) electrons. The van der Waals surface area contributed by atoms with Crippen LogP contribution in [0.3, 0.4) is 0 Å². The summed E-state index contributed by atoms with van der Waals surface area (Å²) in [5, 5.41) is 0. The van der Waals surface area contributed by atoms with Crippen LogP contribution in [0.4, 0.5) is 0 Å². The van der Waals surface area contributed by atoms with Gasteiger partial charge in [-0.2, -0.15) is 0 Å². The number of hydrogen-bond donors (Lipinski definition) is 0. The Morgan fingerprint density at radius 2 is 1.42 bits per heavy atom. The lowest BCUT2D eigenvalue weighted by molar-refractivity contribution is 0.415. The number of aromatic nitrogens is 1. The summed E-state index contributed by atoms with van der Waals surface area (Å²) < 4.78 is 5.11. The molecule has 2 nitrogen and oxygen atoms in total. The van der Waals surface area contributed by atoms with Gasteiger partial charge < -0.3 is 4.74 Å². The molecule has 0 fully saturated rings. The average molecular weight is 259 g/mol. The lowest BCUT2D eigenvalue weighted by Crippen LogP contribution is -1.86. The van der Waals surface area contributed by atoms with Gasteiger partial charge in [0.15, 0.2) is 0 Å². The van der Waals surface area contributed by atoms with E-state index in [0.717, 1.165) is 22.7 Å². The highest BCUT2D eigenvalue weighted by Gasteiger charge is 1.99. The molecule has 19 heavy (non-hydrogen) atoms. The fourth-order valence-electron chi connectivity index (χ4n) is 1.47. The lowest BCUT2D eigenvalue weighted by Gasteiger charge is -2.03. The maximum absolute atomic E-state index is 5.11. The molecule has 2 heteroatoms. The lowest BCUT2D eigenvalue weighted by atomic mass is 10.1. The summed E-state index contributed by atoms with van der Waals surface area (Å²) in [7, 11) is 1.67. The predicted molar refractivity (Wildman–Crippen MR) is 83.7 cm³/mol. The standard InChI is InChI=1S/C13H13NO.2C2H6/c1-10-4-3-5-13(14-10)11-6-8-12(15-2)9-7-11;2*1-2/h3-9H,1-2H3;2*1-2H3. The van der Waals surface area contributed by atoms with Gasteiger partial charge in [-0.25, -0.2) is 0 Å². The van der Waals surface area contributed by atoms with E-state index in [1.165, 1.54) is 0 Å². The summed E-state index contributed by atoms with van der Waals surface area (Å²) in [4.78, 5) is 4.46. The van der Waals surface area contributed by atoms with E-state index in [-0.39, 0.29) is 0 Å². The summed E-state index contributed by atoms with van der Waals surface area (Å²) in [5.74, 6) is 0.867. The Balaban J connectivity index is 0.000000741. The number of pyridine rings is 1. The number of nitrogens with zero attached hydrogens (tertiary/aromatic N) is 1. The van der Waals surface area contributed by atoms with Gasteiger partial charge in [0, 0.05) is 11.3 Å². The van der Waals surface area contributed by atoms with Crippen LogP contribution in [0.5, 0.6) is 5.75 Å². The minimum absolute atomic E-state index is 0.867. The van der Waals surface area contributed by atoms with E-state index in [1.807, 2.05) is 77.1 Å². The Morgan fingerprint density at radius 3 is 1.89 bits per heavy atom. The Morgan fingerprint density at radius 1 is 0.842 bits per heavy atom. The van der Waals surface area contributed by atoms with E-state index >= 15 is 0 Å². The van der Waals surface area contributed by atoms with Crippen LogP contribution in [0.25, 0.3) is 11.3 Å². The maximum atomic E-state index is 5.11. The van der Waals surface area contributed by atoms with E-state index in [0.29, 0.717) is 0 Å². The molecule has 1 heterocycles. The minimum Gasteiger partial charge on any atom is -0.497 e. The highest BCUT2D eigenvalue weighted by atomic mass is 16.5. The maximum Gasteiger partial charge on any atom is 0.118 e. The van der Waals surface area contributed by atoms with Crippen molar-refractivity contribution >= 4 is 0 Å². The highest BCUT2D eigenvalue weighted by molar-refractivity contribution is 5.60. The third-order valence-electron chi connectivity index (χ3n) is 2.27. The summed E-state index contributed by atoms with van der Waals surface area (Å²) in [5.41, 5.74) is 3.14. The number of hydrogen-bond acceptors (Lipinski definition) is 2. The SMILES string of the molecule is CC.CC.COc1ccc(-c2cccc(C)n2)cc1. The number of methoxy groups -OCH3 is 1. The second-order valence-electron chi connectivity index (χ2n) is 3.39. The van der Waals surface area contributed by atoms with Crippen LogP contribution in [-0.4, -0.2) is 12.1 Å². The fourth-order valence-corrected chi connectivity index (χ4v) is 1.47. The van der Waals surface area contributed by atoms with Gasteiger partial charge in [0.05, 0.1) is 12.8 Å². The van der Waals surface area contributed by atoms with Crippen LogP contribution >= 0.6 is 0 Å². The average Bonchev–Trinajstić information content (AvgIpc) is 2.51. The van der Waals surface area contributed by atoms with Crippen molar-refractivity contribution in [2.24, 2.45) is 0 Å². The van der Waals surface area contributed by atoms with Crippen molar-refractivity contribution < 1.29 is 4.74 Å². The van der Waals surface area contributed by atoms with Crippen molar-refractivity contribution in [3.63, 3.8) is 0 Å². The van der Waals surface area contributed by atoms with Gasteiger partial charge >= 0.3 is 0 Å². The quantitative estimate of drug-likeness (QED) is 0.747. The zero-order chi connectivity index (χ0) is 14.7. The minimum atomic E-state index is 0.867. The molecular formula is C17H25NO. The van der Waals surface area contributed by atoms with Crippen LogP contribution in [-0.2, 0) is 0 Å². The molecule has 0 saturated heterocycles. The second kappa shape index (κ2) is 10.1. The van der Waals surface area contributed by atoms with Gasteiger partial charge in [-0.3, -0.25) is 4.98 Å². The van der Waals surface area contributed by atoms with E-state index in [2.05, 4.69) is 4.98 Å². The first kappa shape index (κ1) is 17.2. The van der Waals surface area contributed by atoms with Gasteiger partial charge in [-0.1, -0.05) is 33.8 Å². The van der Waals surface area contributed by atoms with Crippen molar-refractivity contribution in [1.82, 2.24) is 4.98 Å². The molecule has 104 valence electrons. The summed E-state index contributed by atoms with van der Waals surface area (Å²) in [6, 6.07) is 13.9. The highest BCUT2D eigenvalue weighted by Crippen LogP contribution is 2.20. The largest absolute Gasteiger partial charge is 0.497 e. The first-order chi connectivity index (χ1) is 9.29. The molecular weight excluding hydrogens is 234 g/mol. The molecule has 0 bridgehead atoms. The Hall–Kier alpha value is -1.83. The van der Waals surface area contributed by atoms with Crippen LogP contribution in [0.1, 0.15) is 33.4 Å². The molecule has 1 aromatic heterocycles. The number of benzene rings is 1. The molecule has 0 aliphatic rings. The van der Waals surface area contributed by atoms with Crippen LogP contribution < -0.4 is 4.74 Å². The Bertz CT molecular complexity index is 449. The number of ether oxygens (including phenoxy) is 1. The molecule has 0 spiro atoms. The third kappa shape index (κ3) is 5.56. The molecule has 0 N–H and O–H groups in total. The van der Waals surface area contributed by atoms with Crippen molar-refractivity contribution in [1.29, 1.82) is 0 Å². The second-order valence-corrected chi connectivity index (χ2v) is 3.39. The molecule has 0 atom stereocenters. The van der Waals surface area contributed by atoms with E-state index < -0.39 is 0 Å². The van der Waals surface area contributed by atoms with Gasteiger partial charge in [-0.15, -0.1) is 0 Å². The monoisotopic (exact) mass is 259 g/mol. The normalized spacial score (nSPS) is 8.53. The van der Waals surface area contributed by atoms with E-state index in [1.54, 1.807) is 7.11 Å². The molecule has 0 amide bonds. The van der Waals surface area contributed by atoms with Crippen molar-refractivity contribution in [3.8, 4) is 17.0 Å². The van der Waals surface area contributed by atoms with E-state index in [9.17, 15) is 0 Å².